The molecule has 1 aliphatic rings. The third-order valence-electron chi connectivity index (χ3n) is 2.65. The number of rotatable bonds is 2. The van der Waals surface area contributed by atoms with E-state index >= 15 is 0 Å². The predicted octanol–water partition coefficient (Wildman–Crippen LogP) is 2.68. The minimum atomic E-state index is 0.788. The van der Waals surface area contributed by atoms with Gasteiger partial charge in [-0.2, -0.15) is 0 Å². The first-order valence-corrected chi connectivity index (χ1v) is 4.97. The van der Waals surface area contributed by atoms with Crippen LogP contribution in [0.25, 0.3) is 0 Å². The number of hydrogen-bond donors (Lipinski definition) is 0. The van der Waals surface area contributed by atoms with Gasteiger partial charge in [-0.3, -0.25) is 4.90 Å². The standard InChI is InChI=1S/C11H21N/c1-9(2)5-6-12-8-10(3)7-11(12)4/h5,10-11H,6-8H2,1-4H3. The van der Waals surface area contributed by atoms with Gasteiger partial charge in [-0.15, -0.1) is 0 Å². The van der Waals surface area contributed by atoms with E-state index in [1.807, 2.05) is 0 Å². The topological polar surface area (TPSA) is 3.24 Å². The number of likely N-dealkylation sites (tertiary alicyclic amines) is 1. The van der Waals surface area contributed by atoms with Crippen LogP contribution in [0.2, 0.25) is 0 Å². The Labute approximate surface area is 76.5 Å². The molecule has 0 aliphatic carbocycles. The highest BCUT2D eigenvalue weighted by Gasteiger charge is 2.24. The van der Waals surface area contributed by atoms with E-state index in [2.05, 4.69) is 38.7 Å². The summed E-state index contributed by atoms with van der Waals surface area (Å²) in [5, 5.41) is 0. The lowest BCUT2D eigenvalue weighted by Crippen LogP contribution is -2.27. The van der Waals surface area contributed by atoms with Gasteiger partial charge in [0.05, 0.1) is 0 Å². The van der Waals surface area contributed by atoms with Crippen molar-refractivity contribution in [1.82, 2.24) is 4.90 Å². The van der Waals surface area contributed by atoms with Crippen molar-refractivity contribution in [3.8, 4) is 0 Å². The highest BCUT2D eigenvalue weighted by atomic mass is 15.2. The van der Waals surface area contributed by atoms with E-state index in [1.165, 1.54) is 18.5 Å². The van der Waals surface area contributed by atoms with Crippen LogP contribution in [0.4, 0.5) is 0 Å². The molecule has 0 saturated carbocycles. The molecule has 1 heterocycles. The van der Waals surface area contributed by atoms with Crippen LogP contribution in [-0.4, -0.2) is 24.0 Å². The van der Waals surface area contributed by atoms with Crippen molar-refractivity contribution in [2.45, 2.75) is 40.2 Å². The van der Waals surface area contributed by atoms with Crippen molar-refractivity contribution in [2.75, 3.05) is 13.1 Å². The zero-order chi connectivity index (χ0) is 9.14. The fourth-order valence-corrected chi connectivity index (χ4v) is 1.94. The molecule has 1 aliphatic heterocycles. The third kappa shape index (κ3) is 2.63. The summed E-state index contributed by atoms with van der Waals surface area (Å²) in [6.45, 7) is 11.5. The summed E-state index contributed by atoms with van der Waals surface area (Å²) in [6.07, 6.45) is 3.70. The molecule has 0 aromatic heterocycles. The predicted molar refractivity (Wildman–Crippen MR) is 54.2 cm³/mol. The van der Waals surface area contributed by atoms with Crippen LogP contribution in [0, 0.1) is 5.92 Å². The second-order valence-electron chi connectivity index (χ2n) is 4.43. The number of allylic oxidation sites excluding steroid dienone is 1. The SMILES string of the molecule is CC(C)=CCN1CC(C)CC1C. The second kappa shape index (κ2) is 4.08. The van der Waals surface area contributed by atoms with E-state index in [4.69, 9.17) is 0 Å². The minimum Gasteiger partial charge on any atom is -0.297 e. The van der Waals surface area contributed by atoms with Gasteiger partial charge in [0.2, 0.25) is 0 Å². The molecule has 2 atom stereocenters. The monoisotopic (exact) mass is 167 g/mol. The van der Waals surface area contributed by atoms with Crippen molar-refractivity contribution in [3.63, 3.8) is 0 Å². The Morgan fingerprint density at radius 3 is 2.50 bits per heavy atom. The molecule has 1 nitrogen and oxygen atoms in total. The molecule has 2 unspecified atom stereocenters. The summed E-state index contributed by atoms with van der Waals surface area (Å²) < 4.78 is 0. The van der Waals surface area contributed by atoms with E-state index < -0.39 is 0 Å². The smallest absolute Gasteiger partial charge is 0.0168 e. The molecule has 0 aromatic carbocycles. The van der Waals surface area contributed by atoms with Gasteiger partial charge in [0.25, 0.3) is 0 Å². The van der Waals surface area contributed by atoms with Crippen molar-refractivity contribution in [2.24, 2.45) is 5.92 Å². The Kier molecular flexibility index (Phi) is 3.33. The fourth-order valence-electron chi connectivity index (χ4n) is 1.94. The van der Waals surface area contributed by atoms with Crippen molar-refractivity contribution in [3.05, 3.63) is 11.6 Å². The van der Waals surface area contributed by atoms with Gasteiger partial charge in [0.15, 0.2) is 0 Å². The zero-order valence-corrected chi connectivity index (χ0v) is 8.80. The summed E-state index contributed by atoms with van der Waals surface area (Å²) in [5.41, 5.74) is 1.43. The molecule has 0 spiro atoms. The molecular weight excluding hydrogens is 146 g/mol. The molecule has 1 saturated heterocycles. The largest absolute Gasteiger partial charge is 0.297 e. The maximum absolute atomic E-state index is 2.57. The Bertz CT molecular complexity index is 168. The molecule has 0 bridgehead atoms. The maximum Gasteiger partial charge on any atom is 0.0168 e. The molecule has 70 valence electrons. The van der Waals surface area contributed by atoms with Crippen LogP contribution >= 0.6 is 0 Å². The van der Waals surface area contributed by atoms with Crippen LogP contribution in [0.15, 0.2) is 11.6 Å². The summed E-state index contributed by atoms with van der Waals surface area (Å²) in [5.74, 6) is 0.894. The Balaban J connectivity index is 2.38. The average molecular weight is 167 g/mol. The molecule has 0 N–H and O–H groups in total. The summed E-state index contributed by atoms with van der Waals surface area (Å²) in [6, 6.07) is 0.788. The lowest BCUT2D eigenvalue weighted by atomic mass is 10.1. The first kappa shape index (κ1) is 9.79. The van der Waals surface area contributed by atoms with Gasteiger partial charge in [-0.25, -0.2) is 0 Å². The van der Waals surface area contributed by atoms with Gasteiger partial charge >= 0.3 is 0 Å². The lowest BCUT2D eigenvalue weighted by molar-refractivity contribution is 0.294. The zero-order valence-electron chi connectivity index (χ0n) is 8.80. The molecule has 0 radical (unpaired) electrons. The summed E-state index contributed by atoms with van der Waals surface area (Å²) in [7, 11) is 0. The first-order chi connectivity index (χ1) is 5.59. The van der Waals surface area contributed by atoms with Gasteiger partial charge in [-0.1, -0.05) is 18.6 Å². The van der Waals surface area contributed by atoms with Gasteiger partial charge in [0, 0.05) is 19.1 Å². The van der Waals surface area contributed by atoms with Crippen molar-refractivity contribution in [1.29, 1.82) is 0 Å². The van der Waals surface area contributed by atoms with Crippen LogP contribution in [0.5, 0.6) is 0 Å². The average Bonchev–Trinajstić information content (AvgIpc) is 2.26. The molecular formula is C11H21N. The lowest BCUT2D eigenvalue weighted by Gasteiger charge is -2.18. The van der Waals surface area contributed by atoms with E-state index in [9.17, 15) is 0 Å². The van der Waals surface area contributed by atoms with Gasteiger partial charge in [0.1, 0.15) is 0 Å². The van der Waals surface area contributed by atoms with Crippen LogP contribution in [0.1, 0.15) is 34.1 Å². The highest BCUT2D eigenvalue weighted by Crippen LogP contribution is 2.21. The molecule has 1 fully saturated rings. The molecule has 1 heteroatoms. The van der Waals surface area contributed by atoms with Crippen molar-refractivity contribution >= 4 is 0 Å². The molecule has 0 aromatic rings. The Hall–Kier alpha value is -0.300. The number of nitrogens with zero attached hydrogens (tertiary/aromatic N) is 1. The van der Waals surface area contributed by atoms with Gasteiger partial charge in [-0.05, 0) is 33.1 Å². The van der Waals surface area contributed by atoms with Crippen LogP contribution < -0.4 is 0 Å². The summed E-state index contributed by atoms with van der Waals surface area (Å²) >= 11 is 0. The summed E-state index contributed by atoms with van der Waals surface area (Å²) in [4.78, 5) is 2.57. The Morgan fingerprint density at radius 2 is 2.08 bits per heavy atom. The molecule has 12 heavy (non-hydrogen) atoms. The number of hydrogen-bond acceptors (Lipinski definition) is 1. The minimum absolute atomic E-state index is 0.788. The fraction of sp³-hybridized carbons (Fsp3) is 0.818. The van der Waals surface area contributed by atoms with Crippen molar-refractivity contribution < 1.29 is 0 Å². The quantitative estimate of drug-likeness (QED) is 0.572. The molecule has 1 rings (SSSR count). The highest BCUT2D eigenvalue weighted by molar-refractivity contribution is 4.96. The third-order valence-corrected chi connectivity index (χ3v) is 2.65. The van der Waals surface area contributed by atoms with Crippen LogP contribution in [0.3, 0.4) is 0 Å². The van der Waals surface area contributed by atoms with Crippen LogP contribution in [-0.2, 0) is 0 Å². The van der Waals surface area contributed by atoms with E-state index in [-0.39, 0.29) is 0 Å². The second-order valence-corrected chi connectivity index (χ2v) is 4.43. The van der Waals surface area contributed by atoms with Gasteiger partial charge < -0.3 is 0 Å². The Morgan fingerprint density at radius 1 is 1.42 bits per heavy atom. The van der Waals surface area contributed by atoms with E-state index in [0.29, 0.717) is 0 Å². The normalized spacial score (nSPS) is 30.7. The molecule has 0 amide bonds. The van der Waals surface area contributed by atoms with E-state index in [1.54, 1.807) is 0 Å². The van der Waals surface area contributed by atoms with E-state index in [0.717, 1.165) is 18.5 Å². The maximum atomic E-state index is 2.57. The first-order valence-electron chi connectivity index (χ1n) is 4.97.